The summed E-state index contributed by atoms with van der Waals surface area (Å²) in [6.45, 7) is 1.58. The van der Waals surface area contributed by atoms with Gasteiger partial charge in [-0.15, -0.1) is 0 Å². The van der Waals surface area contributed by atoms with Gasteiger partial charge in [0.1, 0.15) is 0 Å². The summed E-state index contributed by atoms with van der Waals surface area (Å²) in [5.74, 6) is 0.384. The molecule has 0 bridgehead atoms. The molecule has 1 amide bonds. The summed E-state index contributed by atoms with van der Waals surface area (Å²) in [6, 6.07) is 2.28. The van der Waals surface area contributed by atoms with Gasteiger partial charge in [0.05, 0.1) is 10.7 Å². The molecule has 0 aromatic carbocycles. The molecule has 1 fully saturated rings. The molecule has 5 heteroatoms. The highest BCUT2D eigenvalue weighted by Gasteiger charge is 2.25. The quantitative estimate of drug-likeness (QED) is 0.903. The van der Waals surface area contributed by atoms with Crippen LogP contribution in [-0.2, 0) is 0 Å². The molecule has 1 aromatic heterocycles. The summed E-state index contributed by atoms with van der Waals surface area (Å²) in [4.78, 5) is 13.9. The molecule has 0 saturated carbocycles. The van der Waals surface area contributed by atoms with Crippen LogP contribution in [0.25, 0.3) is 0 Å². The molecule has 2 rings (SSSR count). The maximum atomic E-state index is 12.1. The Labute approximate surface area is 103 Å². The summed E-state index contributed by atoms with van der Waals surface area (Å²) in [7, 11) is 1.96. The minimum atomic E-state index is -0.0218. The second kappa shape index (κ2) is 5.01. The van der Waals surface area contributed by atoms with Crippen LogP contribution >= 0.6 is 15.9 Å². The van der Waals surface area contributed by atoms with Crippen LogP contribution in [0.1, 0.15) is 23.4 Å². The zero-order valence-corrected chi connectivity index (χ0v) is 10.8. The van der Waals surface area contributed by atoms with E-state index in [1.165, 1.54) is 6.26 Å². The van der Waals surface area contributed by atoms with E-state index in [0.717, 1.165) is 30.4 Å². The molecule has 2 heterocycles. The molecule has 0 unspecified atom stereocenters. The van der Waals surface area contributed by atoms with Crippen LogP contribution in [0, 0.1) is 0 Å². The molecule has 1 aliphatic rings. The first-order chi connectivity index (χ1) is 7.72. The van der Waals surface area contributed by atoms with Crippen molar-refractivity contribution in [2.45, 2.75) is 18.9 Å². The molecule has 4 nitrogen and oxygen atoms in total. The van der Waals surface area contributed by atoms with Crippen LogP contribution in [0.5, 0.6) is 0 Å². The van der Waals surface area contributed by atoms with E-state index in [2.05, 4.69) is 21.2 Å². The van der Waals surface area contributed by atoms with E-state index in [9.17, 15) is 4.79 Å². The SMILES string of the molecule is CNC1CCN(C(=O)c2occc2Br)CC1. The normalized spacial score (nSPS) is 17.8. The van der Waals surface area contributed by atoms with Gasteiger partial charge in [-0.3, -0.25) is 4.79 Å². The van der Waals surface area contributed by atoms with Crippen LogP contribution in [0.15, 0.2) is 21.2 Å². The topological polar surface area (TPSA) is 45.5 Å². The van der Waals surface area contributed by atoms with Gasteiger partial charge in [-0.1, -0.05) is 0 Å². The van der Waals surface area contributed by atoms with Crippen LogP contribution < -0.4 is 5.32 Å². The number of amides is 1. The predicted molar refractivity (Wildman–Crippen MR) is 64.4 cm³/mol. The molecular weight excluding hydrogens is 272 g/mol. The number of carbonyl (C=O) groups excluding carboxylic acids is 1. The molecule has 0 spiro atoms. The monoisotopic (exact) mass is 286 g/mol. The first-order valence-corrected chi connectivity index (χ1v) is 6.21. The fourth-order valence-corrected chi connectivity index (χ4v) is 2.33. The fourth-order valence-electron chi connectivity index (χ4n) is 1.96. The van der Waals surface area contributed by atoms with Crippen molar-refractivity contribution in [3.63, 3.8) is 0 Å². The highest BCUT2D eigenvalue weighted by atomic mass is 79.9. The number of piperidine rings is 1. The Hall–Kier alpha value is -0.810. The van der Waals surface area contributed by atoms with Gasteiger partial charge in [0.15, 0.2) is 0 Å². The first-order valence-electron chi connectivity index (χ1n) is 5.42. The third-order valence-electron chi connectivity index (χ3n) is 3.00. The van der Waals surface area contributed by atoms with Gasteiger partial charge in [-0.25, -0.2) is 0 Å². The number of nitrogens with zero attached hydrogens (tertiary/aromatic N) is 1. The van der Waals surface area contributed by atoms with Crippen molar-refractivity contribution in [2.75, 3.05) is 20.1 Å². The lowest BCUT2D eigenvalue weighted by atomic mass is 10.1. The van der Waals surface area contributed by atoms with Gasteiger partial charge in [-0.05, 0) is 41.9 Å². The summed E-state index contributed by atoms with van der Waals surface area (Å²) >= 11 is 3.31. The van der Waals surface area contributed by atoms with Gasteiger partial charge >= 0.3 is 0 Å². The lowest BCUT2D eigenvalue weighted by Gasteiger charge is -2.31. The lowest BCUT2D eigenvalue weighted by molar-refractivity contribution is 0.0674. The molecular formula is C11H15BrN2O2. The van der Waals surface area contributed by atoms with Crippen molar-refractivity contribution in [2.24, 2.45) is 0 Å². The lowest BCUT2D eigenvalue weighted by Crippen LogP contribution is -2.43. The van der Waals surface area contributed by atoms with Crippen molar-refractivity contribution < 1.29 is 9.21 Å². The van der Waals surface area contributed by atoms with E-state index in [1.54, 1.807) is 6.07 Å². The Morgan fingerprint density at radius 3 is 2.75 bits per heavy atom. The predicted octanol–water partition coefficient (Wildman–Crippen LogP) is 1.87. The van der Waals surface area contributed by atoms with E-state index in [-0.39, 0.29) is 5.91 Å². The Morgan fingerprint density at radius 1 is 1.56 bits per heavy atom. The highest BCUT2D eigenvalue weighted by molar-refractivity contribution is 9.10. The number of carbonyl (C=O) groups is 1. The van der Waals surface area contributed by atoms with Crippen molar-refractivity contribution >= 4 is 21.8 Å². The summed E-state index contributed by atoms with van der Waals surface area (Å²) in [5, 5.41) is 3.24. The first kappa shape index (κ1) is 11.7. The van der Waals surface area contributed by atoms with Gasteiger partial charge in [0.2, 0.25) is 5.76 Å². The Kier molecular flexibility index (Phi) is 3.66. The van der Waals surface area contributed by atoms with Gasteiger partial charge < -0.3 is 14.6 Å². The number of rotatable bonds is 2. The van der Waals surface area contributed by atoms with Gasteiger partial charge in [0.25, 0.3) is 5.91 Å². The van der Waals surface area contributed by atoms with Crippen molar-refractivity contribution in [3.05, 3.63) is 22.6 Å². The minimum Gasteiger partial charge on any atom is -0.458 e. The number of hydrogen-bond donors (Lipinski definition) is 1. The molecule has 88 valence electrons. The van der Waals surface area contributed by atoms with Gasteiger partial charge in [-0.2, -0.15) is 0 Å². The summed E-state index contributed by atoms with van der Waals surface area (Å²) < 4.78 is 5.91. The molecule has 0 atom stereocenters. The molecule has 1 saturated heterocycles. The van der Waals surface area contributed by atoms with E-state index in [1.807, 2.05) is 11.9 Å². The number of furan rings is 1. The molecule has 1 aliphatic heterocycles. The van der Waals surface area contributed by atoms with Crippen molar-refractivity contribution in [1.82, 2.24) is 10.2 Å². The van der Waals surface area contributed by atoms with E-state index < -0.39 is 0 Å². The molecule has 1 aromatic rings. The zero-order valence-electron chi connectivity index (χ0n) is 9.20. The van der Waals surface area contributed by atoms with Crippen LogP contribution in [0.2, 0.25) is 0 Å². The molecule has 16 heavy (non-hydrogen) atoms. The average molecular weight is 287 g/mol. The minimum absolute atomic E-state index is 0.0218. The molecule has 1 N–H and O–H groups in total. The van der Waals surface area contributed by atoms with E-state index in [4.69, 9.17) is 4.42 Å². The fraction of sp³-hybridized carbons (Fsp3) is 0.545. The maximum absolute atomic E-state index is 12.1. The Bertz CT molecular complexity index is 370. The number of hydrogen-bond acceptors (Lipinski definition) is 3. The zero-order chi connectivity index (χ0) is 11.5. The summed E-state index contributed by atoms with van der Waals surface area (Å²) in [5.41, 5.74) is 0. The second-order valence-corrected chi connectivity index (χ2v) is 4.81. The van der Waals surface area contributed by atoms with Crippen LogP contribution in [-0.4, -0.2) is 37.0 Å². The molecule has 0 radical (unpaired) electrons. The second-order valence-electron chi connectivity index (χ2n) is 3.95. The number of nitrogens with one attached hydrogen (secondary N) is 1. The average Bonchev–Trinajstić information content (AvgIpc) is 2.75. The third kappa shape index (κ3) is 2.30. The maximum Gasteiger partial charge on any atom is 0.290 e. The number of likely N-dealkylation sites (tertiary alicyclic amines) is 1. The van der Waals surface area contributed by atoms with Crippen LogP contribution in [0.3, 0.4) is 0 Å². The Morgan fingerprint density at radius 2 is 2.25 bits per heavy atom. The third-order valence-corrected chi connectivity index (χ3v) is 3.63. The van der Waals surface area contributed by atoms with Gasteiger partial charge in [0, 0.05) is 19.1 Å². The smallest absolute Gasteiger partial charge is 0.290 e. The number of halogens is 1. The highest BCUT2D eigenvalue weighted by Crippen LogP contribution is 2.21. The summed E-state index contributed by atoms with van der Waals surface area (Å²) in [6.07, 6.45) is 3.53. The van der Waals surface area contributed by atoms with Crippen molar-refractivity contribution in [1.29, 1.82) is 0 Å². The standard InChI is InChI=1S/C11H15BrN2O2/c1-13-8-2-5-14(6-3-8)11(15)10-9(12)4-7-16-10/h4,7-8,13H,2-3,5-6H2,1H3. The Balaban J connectivity index is 2.00. The van der Waals surface area contributed by atoms with E-state index in [0.29, 0.717) is 11.8 Å². The van der Waals surface area contributed by atoms with Crippen molar-refractivity contribution in [3.8, 4) is 0 Å². The van der Waals surface area contributed by atoms with Crippen LogP contribution in [0.4, 0.5) is 0 Å². The molecule has 0 aliphatic carbocycles. The van der Waals surface area contributed by atoms with E-state index >= 15 is 0 Å². The largest absolute Gasteiger partial charge is 0.458 e.